The van der Waals surface area contributed by atoms with Crippen molar-refractivity contribution < 1.29 is 9.31 Å². The molecule has 0 aliphatic carbocycles. The van der Waals surface area contributed by atoms with Gasteiger partial charge in [-0.3, -0.25) is 10.1 Å². The van der Waals surface area contributed by atoms with Crippen LogP contribution in [0, 0.1) is 16.1 Å². The van der Waals surface area contributed by atoms with Gasteiger partial charge in [-0.25, -0.2) is 4.98 Å². The van der Waals surface area contributed by atoms with Crippen LogP contribution in [0.1, 0.15) is 12.0 Å². The van der Waals surface area contributed by atoms with Gasteiger partial charge in [-0.05, 0) is 30.2 Å². The van der Waals surface area contributed by atoms with Crippen LogP contribution in [-0.4, -0.2) is 29.0 Å². The van der Waals surface area contributed by atoms with Gasteiger partial charge in [0.15, 0.2) is 0 Å². The van der Waals surface area contributed by atoms with Crippen LogP contribution in [0.15, 0.2) is 36.5 Å². The summed E-state index contributed by atoms with van der Waals surface area (Å²) < 4.78 is 12.9. The van der Waals surface area contributed by atoms with Crippen LogP contribution in [0.3, 0.4) is 0 Å². The predicted octanol–water partition coefficient (Wildman–Crippen LogP) is 3.15. The van der Waals surface area contributed by atoms with E-state index in [-0.39, 0.29) is 11.7 Å². The number of hydrogen-bond donors (Lipinski definition) is 1. The Morgan fingerprint density at radius 1 is 1.42 bits per heavy atom. The van der Waals surface area contributed by atoms with E-state index in [1.807, 2.05) is 0 Å². The van der Waals surface area contributed by atoms with Gasteiger partial charge in [-0.1, -0.05) is 11.6 Å². The van der Waals surface area contributed by atoms with Crippen LogP contribution >= 0.6 is 11.6 Å². The number of aromatic nitrogens is 1. The summed E-state index contributed by atoms with van der Waals surface area (Å²) in [5.74, 6) is -0.493. The molecule has 1 aliphatic rings. The van der Waals surface area contributed by atoms with Crippen LogP contribution in [0.25, 0.3) is 0 Å². The quantitative estimate of drug-likeness (QED) is 0.509. The van der Waals surface area contributed by atoms with Gasteiger partial charge in [0.1, 0.15) is 0 Å². The highest BCUT2D eigenvalue weighted by Crippen LogP contribution is 2.23. The molecule has 0 amide bonds. The highest BCUT2D eigenvalue weighted by molar-refractivity contribution is 6.31. The summed E-state index contributed by atoms with van der Waals surface area (Å²) in [6.45, 7) is 2.06. The van der Waals surface area contributed by atoms with E-state index >= 15 is 0 Å². The highest BCUT2D eigenvalue weighted by Gasteiger charge is 2.23. The molecular formula is C16H16ClFN4O2. The molecule has 2 aromatic rings. The van der Waals surface area contributed by atoms with Gasteiger partial charge in [0.25, 0.3) is 5.69 Å². The first-order valence-electron chi connectivity index (χ1n) is 7.55. The van der Waals surface area contributed by atoms with Crippen molar-refractivity contribution in [2.45, 2.75) is 19.0 Å². The highest BCUT2D eigenvalue weighted by atomic mass is 35.5. The van der Waals surface area contributed by atoms with Gasteiger partial charge in [0.2, 0.25) is 5.95 Å². The van der Waals surface area contributed by atoms with E-state index in [9.17, 15) is 14.5 Å². The Hall–Kier alpha value is -2.25. The van der Waals surface area contributed by atoms with Crippen molar-refractivity contribution >= 4 is 23.0 Å². The molecule has 1 aromatic heterocycles. The van der Waals surface area contributed by atoms with Crippen LogP contribution in [0.5, 0.6) is 0 Å². The Morgan fingerprint density at radius 2 is 2.25 bits per heavy atom. The molecule has 1 saturated heterocycles. The summed E-state index contributed by atoms with van der Waals surface area (Å²) in [7, 11) is 0. The van der Waals surface area contributed by atoms with Gasteiger partial charge in [0.05, 0.1) is 16.8 Å². The van der Waals surface area contributed by atoms with Gasteiger partial charge in [-0.2, -0.15) is 4.39 Å². The number of nitrogens with one attached hydrogen (secondary N) is 1. The van der Waals surface area contributed by atoms with Crippen LogP contribution in [-0.2, 0) is 6.54 Å². The second-order valence-corrected chi connectivity index (χ2v) is 6.09. The van der Waals surface area contributed by atoms with Gasteiger partial charge in [-0.15, -0.1) is 0 Å². The number of halogens is 2. The molecule has 6 nitrogen and oxygen atoms in total. The first kappa shape index (κ1) is 16.6. The van der Waals surface area contributed by atoms with Crippen molar-refractivity contribution in [3.8, 4) is 0 Å². The normalized spacial score (nSPS) is 17.2. The minimum Gasteiger partial charge on any atom is -0.369 e. The summed E-state index contributed by atoms with van der Waals surface area (Å²) in [5.41, 5.74) is 1.61. The fourth-order valence-corrected chi connectivity index (χ4v) is 2.97. The molecule has 1 aromatic carbocycles. The van der Waals surface area contributed by atoms with Crippen molar-refractivity contribution in [2.24, 2.45) is 0 Å². The maximum Gasteiger partial charge on any atom is 0.269 e. The van der Waals surface area contributed by atoms with Gasteiger partial charge < -0.3 is 10.2 Å². The average Bonchev–Trinajstić information content (AvgIpc) is 3.03. The minimum absolute atomic E-state index is 0.0293. The first-order chi connectivity index (χ1) is 11.5. The third kappa shape index (κ3) is 3.80. The van der Waals surface area contributed by atoms with E-state index in [2.05, 4.69) is 15.2 Å². The van der Waals surface area contributed by atoms with Gasteiger partial charge in [0, 0.05) is 42.8 Å². The summed E-state index contributed by atoms with van der Waals surface area (Å²) >= 11 is 6.11. The van der Waals surface area contributed by atoms with Crippen molar-refractivity contribution in [1.82, 2.24) is 10.3 Å². The molecule has 1 unspecified atom stereocenters. The smallest absolute Gasteiger partial charge is 0.269 e. The molecule has 1 N–H and O–H groups in total. The van der Waals surface area contributed by atoms with E-state index in [1.54, 1.807) is 12.1 Å². The molecule has 0 saturated carbocycles. The lowest BCUT2D eigenvalue weighted by atomic mass is 10.1. The fraction of sp³-hybridized carbons (Fsp3) is 0.312. The largest absolute Gasteiger partial charge is 0.369 e. The van der Waals surface area contributed by atoms with E-state index in [1.165, 1.54) is 24.4 Å². The maximum atomic E-state index is 12.9. The Bertz CT molecular complexity index is 741. The zero-order valence-electron chi connectivity index (χ0n) is 12.8. The standard InChI is InChI=1S/C16H16ClFN4O2/c17-15-3-1-13(22(23)24)7-11(15)8-19-12-5-6-21(10-12)14-2-4-16(18)20-9-14/h1-4,7,9,12,19H,5-6,8,10H2. The Balaban J connectivity index is 1.59. The molecule has 0 spiro atoms. The Labute approximate surface area is 143 Å². The first-order valence-corrected chi connectivity index (χ1v) is 7.93. The number of nitro benzene ring substituents is 1. The summed E-state index contributed by atoms with van der Waals surface area (Å²) in [5, 5.41) is 14.7. The van der Waals surface area contributed by atoms with E-state index in [0.717, 1.165) is 25.2 Å². The lowest BCUT2D eigenvalue weighted by Gasteiger charge is -2.18. The van der Waals surface area contributed by atoms with Gasteiger partial charge >= 0.3 is 0 Å². The summed E-state index contributed by atoms with van der Waals surface area (Å²) in [6.07, 6.45) is 2.44. The molecule has 3 rings (SSSR count). The summed E-state index contributed by atoms with van der Waals surface area (Å²) in [6, 6.07) is 7.71. The fourth-order valence-electron chi connectivity index (χ4n) is 2.78. The van der Waals surface area contributed by atoms with Crippen molar-refractivity contribution in [2.75, 3.05) is 18.0 Å². The lowest BCUT2D eigenvalue weighted by molar-refractivity contribution is -0.384. The predicted molar refractivity (Wildman–Crippen MR) is 89.8 cm³/mol. The van der Waals surface area contributed by atoms with Crippen LogP contribution in [0.2, 0.25) is 5.02 Å². The number of benzene rings is 1. The maximum absolute atomic E-state index is 12.9. The van der Waals surface area contributed by atoms with E-state index < -0.39 is 10.9 Å². The number of rotatable bonds is 5. The van der Waals surface area contributed by atoms with Crippen molar-refractivity contribution in [3.05, 3.63) is 63.2 Å². The number of nitro groups is 1. The zero-order valence-corrected chi connectivity index (χ0v) is 13.5. The number of pyridine rings is 1. The second-order valence-electron chi connectivity index (χ2n) is 5.68. The van der Waals surface area contributed by atoms with Crippen LogP contribution < -0.4 is 10.2 Å². The van der Waals surface area contributed by atoms with Crippen LogP contribution in [0.4, 0.5) is 15.8 Å². The molecular weight excluding hydrogens is 335 g/mol. The molecule has 2 heterocycles. The Kier molecular flexibility index (Phi) is 4.92. The number of nitrogens with zero attached hydrogens (tertiary/aromatic N) is 3. The molecule has 1 atom stereocenters. The second kappa shape index (κ2) is 7.11. The number of hydrogen-bond acceptors (Lipinski definition) is 5. The topological polar surface area (TPSA) is 71.3 Å². The molecule has 0 radical (unpaired) electrons. The monoisotopic (exact) mass is 350 g/mol. The average molecular weight is 351 g/mol. The Morgan fingerprint density at radius 3 is 2.96 bits per heavy atom. The number of anilines is 1. The summed E-state index contributed by atoms with van der Waals surface area (Å²) in [4.78, 5) is 16.2. The third-order valence-corrected chi connectivity index (χ3v) is 4.46. The molecule has 0 bridgehead atoms. The molecule has 126 valence electrons. The zero-order chi connectivity index (χ0) is 17.1. The van der Waals surface area contributed by atoms with Crippen molar-refractivity contribution in [1.29, 1.82) is 0 Å². The van der Waals surface area contributed by atoms with E-state index in [0.29, 0.717) is 17.1 Å². The number of non-ortho nitro benzene ring substituents is 1. The molecule has 24 heavy (non-hydrogen) atoms. The molecule has 8 heteroatoms. The molecule has 1 fully saturated rings. The third-order valence-electron chi connectivity index (χ3n) is 4.09. The SMILES string of the molecule is O=[N+]([O-])c1ccc(Cl)c(CNC2CCN(c3ccc(F)nc3)C2)c1. The molecule has 1 aliphatic heterocycles. The van der Waals surface area contributed by atoms with Crippen molar-refractivity contribution in [3.63, 3.8) is 0 Å². The minimum atomic E-state index is -0.493. The lowest BCUT2D eigenvalue weighted by Crippen LogP contribution is -2.32. The van der Waals surface area contributed by atoms with E-state index in [4.69, 9.17) is 11.6 Å².